The molecule has 1 unspecified atom stereocenters. The molecule has 6 nitrogen and oxygen atoms in total. The van der Waals surface area contributed by atoms with E-state index in [2.05, 4.69) is 9.97 Å². The van der Waals surface area contributed by atoms with E-state index in [4.69, 9.17) is 16.3 Å². The van der Waals surface area contributed by atoms with Crippen LogP contribution in [0, 0.1) is 0 Å². The molecule has 0 aliphatic carbocycles. The molecule has 0 saturated heterocycles. The van der Waals surface area contributed by atoms with Crippen molar-refractivity contribution in [2.45, 2.75) is 5.60 Å². The molecule has 4 aromatic rings. The molecule has 4 rings (SSSR count). The number of pyridine rings is 1. The zero-order chi connectivity index (χ0) is 19.9. The number of ether oxygens (including phenoxy) is 1. The molecular formula is C21H18ClN3O3. The van der Waals surface area contributed by atoms with Crippen LogP contribution in [0.4, 0.5) is 0 Å². The lowest BCUT2D eigenvalue weighted by molar-refractivity contribution is 0.117. The number of hydrogen-bond acceptors (Lipinski definition) is 5. The lowest BCUT2D eigenvalue weighted by atomic mass is 9.83. The van der Waals surface area contributed by atoms with Gasteiger partial charge in [0, 0.05) is 12.4 Å². The number of fused-ring (bicyclic) bond motifs is 1. The highest BCUT2D eigenvalue weighted by Gasteiger charge is 2.36. The average Bonchev–Trinajstić information content (AvgIpc) is 3.17. The van der Waals surface area contributed by atoms with Crippen molar-refractivity contribution in [3.63, 3.8) is 0 Å². The summed E-state index contributed by atoms with van der Waals surface area (Å²) < 4.78 is 6.84. The fourth-order valence-corrected chi connectivity index (χ4v) is 3.64. The normalized spacial score (nSPS) is 13.4. The number of nitrogens with zero attached hydrogens (tertiary/aromatic N) is 3. The lowest BCUT2D eigenvalue weighted by Crippen LogP contribution is -2.31. The standard InChI is InChI=1S/C21H18ClN3O3/c1-25-12-23-11-17(25)21(27,13-6-4-3-5-7-13)14-8-9-16-15(10-14)18(22)19(26)20(24-16)28-2/h3-12,26-27H,1-2H3. The molecule has 0 radical (unpaired) electrons. The van der Waals surface area contributed by atoms with Gasteiger partial charge in [-0.25, -0.2) is 9.97 Å². The summed E-state index contributed by atoms with van der Waals surface area (Å²) in [6.45, 7) is 0. The molecule has 2 heterocycles. The first-order valence-electron chi connectivity index (χ1n) is 8.58. The summed E-state index contributed by atoms with van der Waals surface area (Å²) in [5.74, 6) is -0.187. The largest absolute Gasteiger partial charge is 0.502 e. The molecule has 0 spiro atoms. The molecule has 0 fully saturated rings. The SMILES string of the molecule is COc1nc2ccc(C(O)(c3ccccc3)c3cncn3C)cc2c(Cl)c1O. The minimum absolute atomic E-state index is 0.0511. The molecule has 2 aromatic carbocycles. The predicted octanol–water partition coefficient (Wildman–Crippen LogP) is 3.62. The Hall–Kier alpha value is -3.09. The maximum atomic E-state index is 11.9. The van der Waals surface area contributed by atoms with E-state index in [0.717, 1.165) is 0 Å². The zero-order valence-electron chi connectivity index (χ0n) is 15.3. The van der Waals surface area contributed by atoms with Gasteiger partial charge in [-0.05, 0) is 23.3 Å². The van der Waals surface area contributed by atoms with Crippen LogP contribution in [0.25, 0.3) is 10.9 Å². The molecule has 0 aliphatic heterocycles. The molecular weight excluding hydrogens is 378 g/mol. The molecule has 0 saturated carbocycles. The van der Waals surface area contributed by atoms with Crippen LogP contribution in [0.5, 0.6) is 11.6 Å². The number of methoxy groups -OCH3 is 1. The minimum Gasteiger partial charge on any atom is -0.502 e. The van der Waals surface area contributed by atoms with E-state index in [1.165, 1.54) is 7.11 Å². The van der Waals surface area contributed by atoms with Crippen LogP contribution in [-0.4, -0.2) is 31.9 Å². The summed E-state index contributed by atoms with van der Waals surface area (Å²) in [4.78, 5) is 8.44. The highest BCUT2D eigenvalue weighted by atomic mass is 35.5. The zero-order valence-corrected chi connectivity index (χ0v) is 16.1. The van der Waals surface area contributed by atoms with Crippen molar-refractivity contribution in [2.24, 2.45) is 7.05 Å². The third-order valence-electron chi connectivity index (χ3n) is 4.86. The van der Waals surface area contributed by atoms with Crippen LogP contribution in [0.3, 0.4) is 0 Å². The molecule has 0 amide bonds. The predicted molar refractivity (Wildman–Crippen MR) is 107 cm³/mol. The van der Waals surface area contributed by atoms with Crippen LogP contribution in [-0.2, 0) is 12.6 Å². The van der Waals surface area contributed by atoms with E-state index >= 15 is 0 Å². The molecule has 142 valence electrons. The first-order valence-corrected chi connectivity index (χ1v) is 8.96. The minimum atomic E-state index is -1.47. The van der Waals surface area contributed by atoms with E-state index in [9.17, 15) is 10.2 Å². The van der Waals surface area contributed by atoms with Gasteiger partial charge < -0.3 is 19.5 Å². The Balaban J connectivity index is 2.01. The molecule has 0 aliphatic rings. The Morgan fingerprint density at radius 3 is 2.50 bits per heavy atom. The Morgan fingerprint density at radius 1 is 1.11 bits per heavy atom. The van der Waals surface area contributed by atoms with Crippen molar-refractivity contribution in [2.75, 3.05) is 7.11 Å². The second kappa shape index (κ2) is 6.82. The van der Waals surface area contributed by atoms with Crippen molar-refractivity contribution in [1.29, 1.82) is 0 Å². The van der Waals surface area contributed by atoms with E-state index in [1.807, 2.05) is 37.4 Å². The Labute approximate surface area is 166 Å². The van der Waals surface area contributed by atoms with Crippen LogP contribution < -0.4 is 4.74 Å². The topological polar surface area (TPSA) is 80.4 Å². The van der Waals surface area contributed by atoms with Gasteiger partial charge in [-0.3, -0.25) is 0 Å². The monoisotopic (exact) mass is 395 g/mol. The van der Waals surface area contributed by atoms with Crippen LogP contribution >= 0.6 is 11.6 Å². The lowest BCUT2D eigenvalue weighted by Gasteiger charge is -2.30. The van der Waals surface area contributed by atoms with Crippen molar-refractivity contribution in [3.8, 4) is 11.6 Å². The van der Waals surface area contributed by atoms with Crippen molar-refractivity contribution < 1.29 is 14.9 Å². The summed E-state index contributed by atoms with van der Waals surface area (Å²) in [7, 11) is 3.23. The average molecular weight is 396 g/mol. The summed E-state index contributed by atoms with van der Waals surface area (Å²) >= 11 is 6.36. The highest BCUT2D eigenvalue weighted by Crippen LogP contribution is 2.41. The van der Waals surface area contributed by atoms with Gasteiger partial charge in [-0.15, -0.1) is 0 Å². The van der Waals surface area contributed by atoms with E-state index < -0.39 is 5.60 Å². The van der Waals surface area contributed by atoms with Crippen molar-refractivity contribution >= 4 is 22.5 Å². The first kappa shape index (κ1) is 18.3. The third-order valence-corrected chi connectivity index (χ3v) is 5.24. The van der Waals surface area contributed by atoms with Gasteiger partial charge in [-0.1, -0.05) is 48.0 Å². The molecule has 2 N–H and O–H groups in total. The molecule has 7 heteroatoms. The number of aryl methyl sites for hydroxylation is 1. The maximum Gasteiger partial charge on any atom is 0.258 e. The van der Waals surface area contributed by atoms with E-state index in [1.54, 1.807) is 35.3 Å². The highest BCUT2D eigenvalue weighted by molar-refractivity contribution is 6.37. The first-order chi connectivity index (χ1) is 13.5. The van der Waals surface area contributed by atoms with Crippen LogP contribution in [0.15, 0.2) is 61.1 Å². The fourth-order valence-electron chi connectivity index (χ4n) is 3.41. The summed E-state index contributed by atoms with van der Waals surface area (Å²) in [6, 6.07) is 14.6. The fraction of sp³-hybridized carbons (Fsp3) is 0.143. The van der Waals surface area contributed by atoms with Gasteiger partial charge in [0.1, 0.15) is 0 Å². The van der Waals surface area contributed by atoms with Gasteiger partial charge in [0.25, 0.3) is 5.88 Å². The van der Waals surface area contributed by atoms with Crippen molar-refractivity contribution in [3.05, 3.63) is 82.9 Å². The number of rotatable bonds is 4. The third kappa shape index (κ3) is 2.69. The van der Waals surface area contributed by atoms with Gasteiger partial charge in [0.2, 0.25) is 0 Å². The van der Waals surface area contributed by atoms with Gasteiger partial charge in [0.15, 0.2) is 11.4 Å². The summed E-state index contributed by atoms with van der Waals surface area (Å²) in [6.07, 6.45) is 3.26. The number of benzene rings is 2. The quantitative estimate of drug-likeness (QED) is 0.551. The number of aliphatic hydroxyl groups is 1. The number of aromatic nitrogens is 3. The van der Waals surface area contributed by atoms with Gasteiger partial charge in [-0.2, -0.15) is 0 Å². The molecule has 2 aromatic heterocycles. The van der Waals surface area contributed by atoms with Crippen LogP contribution in [0.2, 0.25) is 5.02 Å². The Morgan fingerprint density at radius 2 is 1.86 bits per heavy atom. The van der Waals surface area contributed by atoms with Crippen LogP contribution in [0.1, 0.15) is 16.8 Å². The second-order valence-electron chi connectivity index (χ2n) is 6.48. The molecule has 28 heavy (non-hydrogen) atoms. The smallest absolute Gasteiger partial charge is 0.258 e. The Bertz CT molecular complexity index is 1160. The van der Waals surface area contributed by atoms with E-state index in [-0.39, 0.29) is 16.7 Å². The van der Waals surface area contributed by atoms with E-state index in [0.29, 0.717) is 27.7 Å². The number of aromatic hydroxyl groups is 1. The van der Waals surface area contributed by atoms with Gasteiger partial charge >= 0.3 is 0 Å². The Kier molecular flexibility index (Phi) is 4.45. The summed E-state index contributed by atoms with van der Waals surface area (Å²) in [5, 5.41) is 22.8. The van der Waals surface area contributed by atoms with Crippen molar-refractivity contribution in [1.82, 2.24) is 14.5 Å². The summed E-state index contributed by atoms with van der Waals surface area (Å²) in [5.41, 5.74) is 0.922. The molecule has 1 atom stereocenters. The number of imidazole rings is 1. The van der Waals surface area contributed by atoms with Gasteiger partial charge in [0.05, 0.1) is 35.9 Å². The number of halogens is 1. The second-order valence-corrected chi connectivity index (χ2v) is 6.86. The molecule has 0 bridgehead atoms. The number of hydrogen-bond donors (Lipinski definition) is 2. The maximum absolute atomic E-state index is 11.9.